The van der Waals surface area contributed by atoms with Gasteiger partial charge >= 0.3 is 0 Å². The number of benzene rings is 4. The molecule has 4 heteroatoms. The van der Waals surface area contributed by atoms with Crippen LogP contribution in [0.5, 0.6) is 0 Å². The van der Waals surface area contributed by atoms with Gasteiger partial charge in [-0.25, -0.2) is 0 Å². The normalized spacial score (nSPS) is 19.5. The van der Waals surface area contributed by atoms with Gasteiger partial charge in [0, 0.05) is 42.3 Å². The van der Waals surface area contributed by atoms with Crippen LogP contribution in [0.3, 0.4) is 0 Å². The van der Waals surface area contributed by atoms with E-state index in [-0.39, 0.29) is 11.3 Å². The molecule has 0 aliphatic heterocycles. The first-order valence-electron chi connectivity index (χ1n) is 11.9. The lowest BCUT2D eigenvalue weighted by molar-refractivity contribution is -0.120. The van der Waals surface area contributed by atoms with Crippen LogP contribution < -0.4 is 5.30 Å². The molecule has 0 N–H and O–H groups in total. The molecule has 162 valence electrons. The van der Waals surface area contributed by atoms with Crippen LogP contribution in [0, 0.1) is 0 Å². The molecule has 0 spiro atoms. The Labute approximate surface area is 187 Å². The SMILES string of the molecule is O=C1CCC(P(=O)(c2ccc3ccc4cccc5ccc2c3c45)C2CCC(=O)CC2)CC1. The largest absolute Gasteiger partial charge is 0.318 e. The van der Waals surface area contributed by atoms with Crippen molar-refractivity contribution in [2.75, 3.05) is 0 Å². The second kappa shape index (κ2) is 7.52. The van der Waals surface area contributed by atoms with Crippen molar-refractivity contribution in [3.8, 4) is 0 Å². The monoisotopic (exact) mass is 442 g/mol. The Morgan fingerprint density at radius 3 is 1.62 bits per heavy atom. The molecule has 2 saturated carbocycles. The van der Waals surface area contributed by atoms with E-state index in [0.29, 0.717) is 62.9 Å². The summed E-state index contributed by atoms with van der Waals surface area (Å²) < 4.78 is 15.3. The van der Waals surface area contributed by atoms with Crippen LogP contribution in [0.15, 0.2) is 54.6 Å². The number of ketones is 2. The van der Waals surface area contributed by atoms with E-state index in [0.717, 1.165) is 10.7 Å². The quantitative estimate of drug-likeness (QED) is 0.265. The van der Waals surface area contributed by atoms with Crippen LogP contribution in [0.2, 0.25) is 0 Å². The van der Waals surface area contributed by atoms with Crippen molar-refractivity contribution >= 4 is 56.3 Å². The Morgan fingerprint density at radius 2 is 1.06 bits per heavy atom. The maximum atomic E-state index is 15.3. The van der Waals surface area contributed by atoms with E-state index in [1.54, 1.807) is 0 Å². The Balaban J connectivity index is 1.61. The Morgan fingerprint density at radius 1 is 0.594 bits per heavy atom. The molecular formula is C28H27O3P. The molecule has 3 nitrogen and oxygen atoms in total. The summed E-state index contributed by atoms with van der Waals surface area (Å²) in [5.74, 6) is 0.587. The van der Waals surface area contributed by atoms with Gasteiger partial charge in [0.2, 0.25) is 0 Å². The highest BCUT2D eigenvalue weighted by Crippen LogP contribution is 2.62. The van der Waals surface area contributed by atoms with E-state index in [9.17, 15) is 9.59 Å². The fraction of sp³-hybridized carbons (Fsp3) is 0.357. The molecule has 0 saturated heterocycles. The molecule has 2 fully saturated rings. The third-order valence-electron chi connectivity index (χ3n) is 7.99. The fourth-order valence-electron chi connectivity index (χ4n) is 6.33. The lowest BCUT2D eigenvalue weighted by Crippen LogP contribution is -2.32. The van der Waals surface area contributed by atoms with Crippen LogP contribution in [0.4, 0.5) is 0 Å². The van der Waals surface area contributed by atoms with Crippen LogP contribution in [0.1, 0.15) is 51.4 Å². The van der Waals surface area contributed by atoms with Crippen molar-refractivity contribution in [3.63, 3.8) is 0 Å². The molecule has 0 amide bonds. The van der Waals surface area contributed by atoms with Crippen molar-refractivity contribution in [2.24, 2.45) is 0 Å². The second-order valence-electron chi connectivity index (χ2n) is 9.69. The second-order valence-corrected chi connectivity index (χ2v) is 13.1. The molecule has 0 unspecified atom stereocenters. The minimum absolute atomic E-state index is 0.0388. The van der Waals surface area contributed by atoms with E-state index in [1.165, 1.54) is 26.9 Å². The van der Waals surface area contributed by atoms with Crippen LogP contribution in [-0.4, -0.2) is 22.9 Å². The van der Waals surface area contributed by atoms with Gasteiger partial charge in [-0.05, 0) is 58.0 Å². The third-order valence-corrected chi connectivity index (χ3v) is 12.3. The van der Waals surface area contributed by atoms with Gasteiger partial charge in [0.25, 0.3) is 0 Å². The summed E-state index contributed by atoms with van der Waals surface area (Å²) in [4.78, 5) is 24.0. The molecule has 0 atom stereocenters. The van der Waals surface area contributed by atoms with Gasteiger partial charge in [-0.2, -0.15) is 0 Å². The molecule has 4 aromatic rings. The zero-order valence-corrected chi connectivity index (χ0v) is 19.1. The standard InChI is InChI=1S/C28H27O3P/c29-21-8-12-23(13-9-21)32(31,24-14-10-22(30)11-15-24)26-17-7-20-5-4-18-2-1-3-19-6-16-25(26)28(20)27(18)19/h1-7,16-17,23-24H,8-15H2. The number of rotatable bonds is 3. The van der Waals surface area contributed by atoms with Crippen LogP contribution in [0.25, 0.3) is 32.3 Å². The van der Waals surface area contributed by atoms with Gasteiger partial charge in [-0.3, -0.25) is 9.59 Å². The van der Waals surface area contributed by atoms with Gasteiger partial charge in [-0.15, -0.1) is 0 Å². The summed E-state index contributed by atoms with van der Waals surface area (Å²) >= 11 is 0. The summed E-state index contributed by atoms with van der Waals surface area (Å²) in [6, 6.07) is 19.3. The number of hydrogen-bond donors (Lipinski definition) is 0. The van der Waals surface area contributed by atoms with E-state index in [4.69, 9.17) is 0 Å². The Bertz CT molecular complexity index is 1350. The maximum absolute atomic E-state index is 15.3. The number of carbonyl (C=O) groups excluding carboxylic acids is 2. The molecular weight excluding hydrogens is 415 g/mol. The molecule has 4 aromatic carbocycles. The molecule has 32 heavy (non-hydrogen) atoms. The van der Waals surface area contributed by atoms with Gasteiger partial charge in [-0.1, -0.05) is 54.6 Å². The highest BCUT2D eigenvalue weighted by Gasteiger charge is 2.45. The van der Waals surface area contributed by atoms with Gasteiger partial charge in [0.1, 0.15) is 18.7 Å². The lowest BCUT2D eigenvalue weighted by atomic mass is 9.94. The summed E-state index contributed by atoms with van der Waals surface area (Å²) in [5.41, 5.74) is 0.0775. The molecule has 0 aromatic heterocycles. The van der Waals surface area contributed by atoms with Gasteiger partial charge in [0.15, 0.2) is 0 Å². The van der Waals surface area contributed by atoms with Crippen molar-refractivity contribution in [2.45, 2.75) is 62.7 Å². The molecule has 2 aliphatic rings. The summed E-state index contributed by atoms with van der Waals surface area (Å²) in [6.07, 6.45) is 4.98. The third kappa shape index (κ3) is 2.98. The molecule has 0 bridgehead atoms. The number of Topliss-reactive ketones (excluding diaryl/α,β-unsaturated/α-hetero) is 2. The first-order chi connectivity index (χ1) is 15.6. The molecule has 0 radical (unpaired) electrons. The molecule has 2 aliphatic carbocycles. The topological polar surface area (TPSA) is 51.2 Å². The smallest absolute Gasteiger partial charge is 0.132 e. The van der Waals surface area contributed by atoms with Gasteiger partial charge in [0.05, 0.1) is 0 Å². The first kappa shape index (κ1) is 20.1. The zero-order valence-electron chi connectivity index (χ0n) is 18.2. The highest BCUT2D eigenvalue weighted by atomic mass is 31.2. The van der Waals surface area contributed by atoms with E-state index in [1.807, 2.05) is 0 Å². The molecule has 0 heterocycles. The van der Waals surface area contributed by atoms with E-state index in [2.05, 4.69) is 54.6 Å². The average Bonchev–Trinajstić information content (AvgIpc) is 2.83. The summed E-state index contributed by atoms with van der Waals surface area (Å²) in [6.45, 7) is 0. The minimum atomic E-state index is -2.84. The van der Waals surface area contributed by atoms with Crippen LogP contribution in [-0.2, 0) is 14.2 Å². The Kier molecular flexibility index (Phi) is 4.73. The van der Waals surface area contributed by atoms with E-state index < -0.39 is 7.14 Å². The summed E-state index contributed by atoms with van der Waals surface area (Å²) in [5, 5.41) is 8.13. The predicted octanol–water partition coefficient (Wildman–Crippen LogP) is 6.60. The van der Waals surface area contributed by atoms with Crippen molar-refractivity contribution in [1.29, 1.82) is 0 Å². The highest BCUT2D eigenvalue weighted by molar-refractivity contribution is 7.73. The van der Waals surface area contributed by atoms with Crippen molar-refractivity contribution < 1.29 is 14.2 Å². The summed E-state index contributed by atoms with van der Waals surface area (Å²) in [7, 11) is -2.84. The predicted molar refractivity (Wildman–Crippen MR) is 132 cm³/mol. The fourth-order valence-corrected chi connectivity index (χ4v) is 10.6. The number of hydrogen-bond acceptors (Lipinski definition) is 3. The average molecular weight is 442 g/mol. The lowest BCUT2D eigenvalue weighted by Gasteiger charge is -2.38. The van der Waals surface area contributed by atoms with Crippen molar-refractivity contribution in [1.82, 2.24) is 0 Å². The zero-order chi connectivity index (χ0) is 21.9. The number of carbonyl (C=O) groups is 2. The van der Waals surface area contributed by atoms with Crippen LogP contribution >= 0.6 is 7.14 Å². The minimum Gasteiger partial charge on any atom is -0.318 e. The van der Waals surface area contributed by atoms with Crippen molar-refractivity contribution in [3.05, 3.63) is 54.6 Å². The first-order valence-corrected chi connectivity index (χ1v) is 13.7. The molecule has 6 rings (SSSR count). The maximum Gasteiger partial charge on any atom is 0.132 e. The van der Waals surface area contributed by atoms with Gasteiger partial charge < -0.3 is 4.57 Å². The van der Waals surface area contributed by atoms with E-state index >= 15 is 4.57 Å². The Hall–Kier alpha value is -2.51.